The first kappa shape index (κ1) is 20.0. The van der Waals surface area contributed by atoms with E-state index >= 15 is 0 Å². The Hall–Kier alpha value is -1.71. The third-order valence-corrected chi connectivity index (χ3v) is 5.50. The van der Waals surface area contributed by atoms with Crippen molar-refractivity contribution in [3.8, 4) is 0 Å². The number of hydrogen-bond donors (Lipinski definition) is 3. The van der Waals surface area contributed by atoms with Crippen LogP contribution in [0.3, 0.4) is 0 Å². The second kappa shape index (κ2) is 8.12. The summed E-state index contributed by atoms with van der Waals surface area (Å²) in [6, 6.07) is 7.09. The molecule has 8 heteroatoms. The molecule has 1 aromatic heterocycles. The quantitative estimate of drug-likeness (QED) is 0.570. The summed E-state index contributed by atoms with van der Waals surface area (Å²) in [5.41, 5.74) is -0.0685. The van der Waals surface area contributed by atoms with Gasteiger partial charge in [-0.25, -0.2) is 0 Å². The highest BCUT2D eigenvalue weighted by molar-refractivity contribution is 7.17. The Labute approximate surface area is 158 Å². The maximum atomic E-state index is 13.1. The Balaban J connectivity index is 2.04. The van der Waals surface area contributed by atoms with Gasteiger partial charge in [-0.15, -0.1) is 11.3 Å². The van der Waals surface area contributed by atoms with Crippen LogP contribution in [0.5, 0.6) is 0 Å². The van der Waals surface area contributed by atoms with Gasteiger partial charge in [0.15, 0.2) is 0 Å². The molecule has 3 rings (SSSR count). The van der Waals surface area contributed by atoms with Crippen LogP contribution in [0, 0.1) is 0 Å². The van der Waals surface area contributed by atoms with Crippen molar-refractivity contribution in [3.05, 3.63) is 46.8 Å². The molecule has 0 saturated heterocycles. The lowest BCUT2D eigenvalue weighted by Gasteiger charge is -2.24. The Morgan fingerprint density at radius 1 is 1.00 bits per heavy atom. The van der Waals surface area contributed by atoms with Crippen LogP contribution < -0.4 is 0 Å². The molecular formula is C19H20F3NO3S. The number of aliphatic hydroxyl groups excluding tert-OH is 3. The fraction of sp³-hybridized carbons (Fsp3) is 0.368. The largest absolute Gasteiger partial charge is 0.416 e. The Kier molecular flexibility index (Phi) is 6.02. The van der Waals surface area contributed by atoms with Crippen molar-refractivity contribution in [2.45, 2.75) is 12.3 Å². The third kappa shape index (κ3) is 4.25. The summed E-state index contributed by atoms with van der Waals surface area (Å²) in [5, 5.41) is 32.6. The van der Waals surface area contributed by atoms with Crippen molar-refractivity contribution in [2.24, 2.45) is 0 Å². The summed E-state index contributed by atoms with van der Waals surface area (Å²) in [4.78, 5) is 1.74. The molecule has 0 aliphatic heterocycles. The lowest BCUT2D eigenvalue weighted by Crippen LogP contribution is -2.33. The van der Waals surface area contributed by atoms with E-state index in [9.17, 15) is 18.3 Å². The van der Waals surface area contributed by atoms with E-state index in [-0.39, 0.29) is 19.8 Å². The van der Waals surface area contributed by atoms with E-state index in [2.05, 4.69) is 0 Å². The highest BCUT2D eigenvalue weighted by Gasteiger charge is 2.30. The molecule has 3 N–H and O–H groups in total. The molecule has 146 valence electrons. The molecule has 0 saturated carbocycles. The molecule has 0 amide bonds. The molecule has 1 heterocycles. The number of fused-ring (bicyclic) bond motifs is 3. The minimum Gasteiger partial charge on any atom is -0.395 e. The summed E-state index contributed by atoms with van der Waals surface area (Å²) in [6.45, 7) is 0.639. The second-order valence-corrected chi connectivity index (χ2v) is 7.24. The van der Waals surface area contributed by atoms with Crippen molar-refractivity contribution < 1.29 is 28.5 Å². The van der Waals surface area contributed by atoms with Crippen LogP contribution in [0.15, 0.2) is 35.7 Å². The fourth-order valence-corrected chi connectivity index (χ4v) is 4.21. The number of thiophene rings is 1. The maximum absolute atomic E-state index is 13.1. The molecule has 3 aromatic rings. The monoisotopic (exact) mass is 399 g/mol. The highest BCUT2D eigenvalue weighted by atomic mass is 32.1. The van der Waals surface area contributed by atoms with Crippen LogP contribution >= 0.6 is 11.3 Å². The van der Waals surface area contributed by atoms with E-state index in [0.717, 1.165) is 16.8 Å². The van der Waals surface area contributed by atoms with E-state index in [1.165, 1.54) is 17.4 Å². The average Bonchev–Trinajstić information content (AvgIpc) is 3.10. The van der Waals surface area contributed by atoms with Crippen LogP contribution in [0.2, 0.25) is 0 Å². The van der Waals surface area contributed by atoms with Crippen molar-refractivity contribution in [3.63, 3.8) is 0 Å². The van der Waals surface area contributed by atoms with Crippen LogP contribution in [0.25, 0.3) is 20.9 Å². The van der Waals surface area contributed by atoms with E-state index < -0.39 is 17.8 Å². The van der Waals surface area contributed by atoms with Crippen LogP contribution in [0.4, 0.5) is 13.2 Å². The number of aliphatic hydroxyl groups is 3. The van der Waals surface area contributed by atoms with E-state index in [4.69, 9.17) is 10.2 Å². The van der Waals surface area contributed by atoms with Crippen molar-refractivity contribution in [1.82, 2.24) is 4.90 Å². The number of halogens is 3. The Bertz CT molecular complexity index is 920. The molecule has 27 heavy (non-hydrogen) atoms. The SMILES string of the molecule is OCCN(CCO)CC(O)c1cc2ccc(C(F)(F)F)cc2c2ccsc12. The van der Waals surface area contributed by atoms with Gasteiger partial charge >= 0.3 is 6.18 Å². The first-order valence-electron chi connectivity index (χ1n) is 8.48. The minimum absolute atomic E-state index is 0.0981. The topological polar surface area (TPSA) is 63.9 Å². The summed E-state index contributed by atoms with van der Waals surface area (Å²) in [5.74, 6) is 0. The maximum Gasteiger partial charge on any atom is 0.416 e. The lowest BCUT2D eigenvalue weighted by molar-refractivity contribution is -0.137. The van der Waals surface area contributed by atoms with Gasteiger partial charge in [0.05, 0.1) is 24.9 Å². The molecule has 1 atom stereocenters. The van der Waals surface area contributed by atoms with Gasteiger partial charge in [0.1, 0.15) is 0 Å². The predicted molar refractivity (Wildman–Crippen MR) is 99.9 cm³/mol. The number of nitrogens with zero attached hydrogens (tertiary/aromatic N) is 1. The summed E-state index contributed by atoms with van der Waals surface area (Å²) in [6.07, 6.45) is -5.31. The van der Waals surface area contributed by atoms with Crippen molar-refractivity contribution >= 4 is 32.2 Å². The average molecular weight is 399 g/mol. The number of alkyl halides is 3. The molecular weight excluding hydrogens is 379 g/mol. The number of hydrogen-bond acceptors (Lipinski definition) is 5. The molecule has 0 radical (unpaired) electrons. The summed E-state index contributed by atoms with van der Waals surface area (Å²) in [7, 11) is 0. The van der Waals surface area contributed by atoms with Crippen molar-refractivity contribution in [2.75, 3.05) is 32.8 Å². The molecule has 0 aliphatic rings. The first-order valence-corrected chi connectivity index (χ1v) is 9.36. The highest BCUT2D eigenvalue weighted by Crippen LogP contribution is 2.38. The standard InChI is InChI=1S/C19H20F3NO3S/c20-19(21,22)13-2-1-12-9-16(17(26)11-23(4-6-24)5-7-25)18-14(3-8-27-18)15(12)10-13/h1-3,8-10,17,24-26H,4-7,11H2. The smallest absolute Gasteiger partial charge is 0.395 e. The molecule has 0 spiro atoms. The third-order valence-electron chi connectivity index (χ3n) is 4.53. The van der Waals surface area contributed by atoms with E-state index in [0.29, 0.717) is 34.8 Å². The van der Waals surface area contributed by atoms with Crippen LogP contribution in [-0.2, 0) is 6.18 Å². The van der Waals surface area contributed by atoms with E-state index in [1.54, 1.807) is 22.4 Å². The van der Waals surface area contributed by atoms with Crippen LogP contribution in [-0.4, -0.2) is 53.1 Å². The van der Waals surface area contributed by atoms with E-state index in [1.807, 2.05) is 0 Å². The summed E-state index contributed by atoms with van der Waals surface area (Å²) >= 11 is 1.37. The zero-order valence-electron chi connectivity index (χ0n) is 14.4. The molecule has 1 unspecified atom stereocenters. The van der Waals surface area contributed by atoms with Gasteiger partial charge in [0, 0.05) is 35.3 Å². The minimum atomic E-state index is -4.41. The molecule has 0 bridgehead atoms. The molecule has 0 fully saturated rings. The van der Waals surface area contributed by atoms with Crippen LogP contribution in [0.1, 0.15) is 17.2 Å². The second-order valence-electron chi connectivity index (χ2n) is 6.33. The molecule has 2 aromatic carbocycles. The predicted octanol–water partition coefficient (Wildman–Crippen LogP) is 3.39. The van der Waals surface area contributed by atoms with Gasteiger partial charge < -0.3 is 15.3 Å². The van der Waals surface area contributed by atoms with Gasteiger partial charge in [-0.3, -0.25) is 4.90 Å². The zero-order chi connectivity index (χ0) is 19.6. The van der Waals surface area contributed by atoms with Gasteiger partial charge in [-0.2, -0.15) is 13.2 Å². The van der Waals surface area contributed by atoms with Crippen molar-refractivity contribution in [1.29, 1.82) is 0 Å². The van der Waals surface area contributed by atoms with Gasteiger partial charge in [0.2, 0.25) is 0 Å². The zero-order valence-corrected chi connectivity index (χ0v) is 15.2. The molecule has 4 nitrogen and oxygen atoms in total. The van der Waals surface area contributed by atoms with Gasteiger partial charge in [-0.05, 0) is 40.4 Å². The fourth-order valence-electron chi connectivity index (χ4n) is 3.24. The number of benzene rings is 2. The Morgan fingerprint density at radius 2 is 1.70 bits per heavy atom. The van der Waals surface area contributed by atoms with Gasteiger partial charge in [0.25, 0.3) is 0 Å². The molecule has 0 aliphatic carbocycles. The number of rotatable bonds is 7. The lowest BCUT2D eigenvalue weighted by atomic mass is 9.98. The normalized spacial score (nSPS) is 13.7. The first-order chi connectivity index (χ1) is 12.8. The Morgan fingerprint density at radius 3 is 2.33 bits per heavy atom. The summed E-state index contributed by atoms with van der Waals surface area (Å²) < 4.78 is 39.9. The van der Waals surface area contributed by atoms with Gasteiger partial charge in [-0.1, -0.05) is 6.07 Å².